The van der Waals surface area contributed by atoms with E-state index in [1.807, 2.05) is 0 Å². The van der Waals surface area contributed by atoms with Crippen LogP contribution >= 0.6 is 11.8 Å². The van der Waals surface area contributed by atoms with Gasteiger partial charge >= 0.3 is 12.1 Å². The molecular weight excluding hydrogens is 529 g/mol. The Balaban J connectivity index is 1.53. The number of carbonyl (C=O) groups is 1. The third-order valence-electron chi connectivity index (χ3n) is 4.88. The Labute approximate surface area is 216 Å². The maximum Gasteiger partial charge on any atom is 0.573 e. The first-order valence-corrected chi connectivity index (χ1v) is 11.8. The molecule has 0 fully saturated rings. The van der Waals surface area contributed by atoms with E-state index >= 15 is 0 Å². The summed E-state index contributed by atoms with van der Waals surface area (Å²) in [6, 6.07) is 12.9. The summed E-state index contributed by atoms with van der Waals surface area (Å²) in [6.07, 6.45) is -4.76. The van der Waals surface area contributed by atoms with Gasteiger partial charge in [0.05, 0.1) is 18.6 Å². The van der Waals surface area contributed by atoms with Crippen molar-refractivity contribution < 1.29 is 27.4 Å². The molecule has 0 spiro atoms. The minimum Gasteiger partial charge on any atom is -0.497 e. The number of halogens is 3. The average Bonchev–Trinajstić information content (AvgIpc) is 3.24. The number of hydrogen-bond donors (Lipinski definition) is 3. The predicted octanol–water partition coefficient (Wildman–Crippen LogP) is 2.87. The standard InChI is InChI=1S/C23H19F3N6O5S/c1-36-17-4-2-3-15(11-17)32-18(9-14-10-19(33)29-21(35)28-14)30-31-22(32)38-12-20(34)27-13-5-7-16(8-6-13)37-23(24,25)26/h2-8,10-11H,9,12H2,1H3,(H,27,34)(H2,28,29,33,35). The van der Waals surface area contributed by atoms with Crippen LogP contribution in [0.15, 0.2) is 69.3 Å². The molecule has 0 unspecified atom stereocenters. The molecule has 0 aliphatic carbocycles. The third-order valence-corrected chi connectivity index (χ3v) is 5.81. The van der Waals surface area contributed by atoms with Gasteiger partial charge in [0, 0.05) is 29.9 Å². The van der Waals surface area contributed by atoms with Crippen LogP contribution in [0.3, 0.4) is 0 Å². The van der Waals surface area contributed by atoms with Crippen LogP contribution in [0.5, 0.6) is 11.5 Å². The maximum atomic E-state index is 12.5. The summed E-state index contributed by atoms with van der Waals surface area (Å²) < 4.78 is 47.7. The summed E-state index contributed by atoms with van der Waals surface area (Å²) in [5.74, 6) is -0.0307. The fourth-order valence-electron chi connectivity index (χ4n) is 3.37. The SMILES string of the molecule is COc1cccc(-n2c(Cc3cc(=O)[nH]c(=O)[nH]3)nnc2SCC(=O)Nc2ccc(OC(F)(F)F)cc2)c1. The number of aromatic amines is 2. The van der Waals surface area contributed by atoms with E-state index in [1.54, 1.807) is 28.8 Å². The first kappa shape index (κ1) is 26.5. The number of H-pyrrole nitrogens is 2. The summed E-state index contributed by atoms with van der Waals surface area (Å²) >= 11 is 1.05. The second-order valence-corrected chi connectivity index (χ2v) is 8.58. The molecule has 2 heterocycles. The Hall–Kier alpha value is -4.53. The number of ether oxygens (including phenoxy) is 2. The second kappa shape index (κ2) is 11.2. The van der Waals surface area contributed by atoms with Crippen LogP contribution in [0.2, 0.25) is 0 Å². The number of alkyl halides is 3. The number of anilines is 1. The van der Waals surface area contributed by atoms with E-state index in [4.69, 9.17) is 4.74 Å². The van der Waals surface area contributed by atoms with E-state index in [-0.39, 0.29) is 17.9 Å². The molecule has 4 rings (SSSR count). The molecule has 4 aromatic rings. The van der Waals surface area contributed by atoms with Gasteiger partial charge in [-0.25, -0.2) is 4.79 Å². The van der Waals surface area contributed by atoms with E-state index in [0.717, 1.165) is 23.9 Å². The summed E-state index contributed by atoms with van der Waals surface area (Å²) in [7, 11) is 1.51. The molecule has 0 bridgehead atoms. The Morgan fingerprint density at radius 2 is 1.82 bits per heavy atom. The molecule has 198 valence electrons. The number of benzene rings is 2. The van der Waals surface area contributed by atoms with Crippen LogP contribution in [0.1, 0.15) is 11.5 Å². The van der Waals surface area contributed by atoms with Gasteiger partial charge in [-0.15, -0.1) is 23.4 Å². The molecule has 0 atom stereocenters. The molecule has 0 aliphatic rings. The third kappa shape index (κ3) is 7.03. The number of hydrogen-bond acceptors (Lipinski definition) is 8. The van der Waals surface area contributed by atoms with Crippen molar-refractivity contribution in [2.24, 2.45) is 0 Å². The molecule has 0 aliphatic heterocycles. The van der Waals surface area contributed by atoms with Crippen LogP contribution in [0.25, 0.3) is 5.69 Å². The normalized spacial score (nSPS) is 11.3. The van der Waals surface area contributed by atoms with Crippen LogP contribution < -0.4 is 26.0 Å². The first-order valence-electron chi connectivity index (χ1n) is 10.8. The fraction of sp³-hybridized carbons (Fsp3) is 0.174. The lowest BCUT2D eigenvalue weighted by Crippen LogP contribution is -2.23. The minimum atomic E-state index is -4.81. The fourth-order valence-corrected chi connectivity index (χ4v) is 4.14. The molecular formula is C23H19F3N6O5S. The first-order chi connectivity index (χ1) is 18.1. The highest BCUT2D eigenvalue weighted by Crippen LogP contribution is 2.27. The molecule has 3 N–H and O–H groups in total. The van der Waals surface area contributed by atoms with E-state index in [1.165, 1.54) is 25.3 Å². The zero-order chi connectivity index (χ0) is 27.3. The maximum absolute atomic E-state index is 12.5. The molecule has 11 nitrogen and oxygen atoms in total. The summed E-state index contributed by atoms with van der Waals surface area (Å²) in [4.78, 5) is 40.5. The van der Waals surface area contributed by atoms with Gasteiger partial charge in [-0.1, -0.05) is 17.8 Å². The van der Waals surface area contributed by atoms with E-state index < -0.39 is 29.3 Å². The number of amides is 1. The molecule has 2 aromatic heterocycles. The van der Waals surface area contributed by atoms with Gasteiger partial charge in [0.25, 0.3) is 5.56 Å². The van der Waals surface area contributed by atoms with E-state index in [0.29, 0.717) is 28.1 Å². The topological polar surface area (TPSA) is 144 Å². The Morgan fingerprint density at radius 1 is 1.05 bits per heavy atom. The second-order valence-electron chi connectivity index (χ2n) is 7.63. The molecule has 0 saturated carbocycles. The lowest BCUT2D eigenvalue weighted by Gasteiger charge is -2.12. The Bertz CT molecular complexity index is 1520. The molecule has 15 heteroatoms. The molecule has 1 amide bonds. The lowest BCUT2D eigenvalue weighted by atomic mass is 10.2. The highest BCUT2D eigenvalue weighted by atomic mass is 32.2. The van der Waals surface area contributed by atoms with Gasteiger partial charge in [-0.3, -0.25) is 19.1 Å². The minimum absolute atomic E-state index is 0.0580. The van der Waals surface area contributed by atoms with Crippen LogP contribution in [-0.4, -0.2) is 49.9 Å². The van der Waals surface area contributed by atoms with Gasteiger partial charge in [-0.05, 0) is 36.4 Å². The smallest absolute Gasteiger partial charge is 0.497 e. The molecule has 0 radical (unpaired) electrons. The zero-order valence-electron chi connectivity index (χ0n) is 19.5. The zero-order valence-corrected chi connectivity index (χ0v) is 20.4. The van der Waals surface area contributed by atoms with Crippen LogP contribution in [0, 0.1) is 0 Å². The Morgan fingerprint density at radius 3 is 2.50 bits per heavy atom. The van der Waals surface area contributed by atoms with Crippen LogP contribution in [0.4, 0.5) is 18.9 Å². The van der Waals surface area contributed by atoms with Crippen molar-refractivity contribution in [1.29, 1.82) is 0 Å². The van der Waals surface area contributed by atoms with Crippen molar-refractivity contribution in [2.45, 2.75) is 17.9 Å². The van der Waals surface area contributed by atoms with Crippen molar-refractivity contribution in [3.63, 3.8) is 0 Å². The van der Waals surface area contributed by atoms with Crippen molar-refractivity contribution >= 4 is 23.4 Å². The lowest BCUT2D eigenvalue weighted by molar-refractivity contribution is -0.274. The monoisotopic (exact) mass is 548 g/mol. The summed E-state index contributed by atoms with van der Waals surface area (Å²) in [5, 5.41) is 11.3. The Kier molecular flexibility index (Phi) is 7.85. The van der Waals surface area contributed by atoms with Crippen molar-refractivity contribution in [2.75, 3.05) is 18.2 Å². The van der Waals surface area contributed by atoms with E-state index in [2.05, 4.69) is 30.2 Å². The molecule has 38 heavy (non-hydrogen) atoms. The number of methoxy groups -OCH3 is 1. The van der Waals surface area contributed by atoms with Gasteiger partial charge in [0.2, 0.25) is 5.91 Å². The highest BCUT2D eigenvalue weighted by Gasteiger charge is 2.31. The van der Waals surface area contributed by atoms with Crippen molar-refractivity contribution in [1.82, 2.24) is 24.7 Å². The number of aromatic nitrogens is 5. The number of carbonyl (C=O) groups excluding carboxylic acids is 1. The highest BCUT2D eigenvalue weighted by molar-refractivity contribution is 7.99. The number of thioether (sulfide) groups is 1. The van der Waals surface area contributed by atoms with Crippen molar-refractivity contribution in [3.05, 3.63) is 87.0 Å². The molecule has 2 aromatic carbocycles. The van der Waals surface area contributed by atoms with Crippen LogP contribution in [-0.2, 0) is 11.2 Å². The average molecular weight is 549 g/mol. The van der Waals surface area contributed by atoms with Gasteiger partial charge in [0.1, 0.15) is 17.3 Å². The summed E-state index contributed by atoms with van der Waals surface area (Å²) in [6.45, 7) is 0. The summed E-state index contributed by atoms with van der Waals surface area (Å²) in [5.41, 5.74) is -0.0368. The quantitative estimate of drug-likeness (QED) is 0.271. The number of rotatable bonds is 9. The van der Waals surface area contributed by atoms with Gasteiger partial charge in [-0.2, -0.15) is 0 Å². The largest absolute Gasteiger partial charge is 0.573 e. The van der Waals surface area contributed by atoms with Gasteiger partial charge in [0.15, 0.2) is 5.16 Å². The van der Waals surface area contributed by atoms with Crippen molar-refractivity contribution in [3.8, 4) is 17.2 Å². The molecule has 0 saturated heterocycles. The van der Waals surface area contributed by atoms with E-state index in [9.17, 15) is 27.6 Å². The predicted molar refractivity (Wildman–Crippen MR) is 131 cm³/mol. The van der Waals surface area contributed by atoms with Gasteiger partial charge < -0.3 is 19.8 Å². The number of nitrogens with one attached hydrogen (secondary N) is 3. The number of nitrogens with zero attached hydrogens (tertiary/aromatic N) is 3.